The van der Waals surface area contributed by atoms with E-state index in [4.69, 9.17) is 16.3 Å². The molecule has 8 nitrogen and oxygen atoms in total. The lowest BCUT2D eigenvalue weighted by atomic mass is 9.95. The van der Waals surface area contributed by atoms with E-state index in [0.29, 0.717) is 30.6 Å². The average Bonchev–Trinajstić information content (AvgIpc) is 3.41. The lowest BCUT2D eigenvalue weighted by Gasteiger charge is -2.12. The Morgan fingerprint density at radius 2 is 1.91 bits per heavy atom. The fraction of sp³-hybridized carbons (Fsp3) is 0.318. The molecule has 2 amide bonds. The third-order valence-corrected chi connectivity index (χ3v) is 8.48. The van der Waals surface area contributed by atoms with Crippen LogP contribution in [-0.4, -0.2) is 40.3 Å². The zero-order chi connectivity index (χ0) is 24.1. The Bertz CT molecular complexity index is 1230. The monoisotopic (exact) mass is 536 g/mol. The summed E-state index contributed by atoms with van der Waals surface area (Å²) in [7, 11) is 0. The highest BCUT2D eigenvalue weighted by Crippen LogP contribution is 2.39. The summed E-state index contributed by atoms with van der Waals surface area (Å²) in [5.41, 5.74) is 1.82. The maximum absolute atomic E-state index is 12.6. The average molecular weight is 537 g/mol. The largest absolute Gasteiger partial charge is 0.462 e. The number of amides is 2. The number of thioether (sulfide) groups is 1. The summed E-state index contributed by atoms with van der Waals surface area (Å²) in [5, 5.41) is 14.7. The molecule has 0 unspecified atom stereocenters. The number of fused-ring (bicyclic) bond motifs is 1. The molecule has 0 saturated heterocycles. The number of hydrogen-bond donors (Lipinski definition) is 2. The van der Waals surface area contributed by atoms with Gasteiger partial charge in [-0.2, -0.15) is 0 Å². The highest BCUT2D eigenvalue weighted by Gasteiger charge is 2.27. The Balaban J connectivity index is 1.37. The first-order valence-corrected chi connectivity index (χ1v) is 13.6. The van der Waals surface area contributed by atoms with Crippen LogP contribution in [0, 0.1) is 0 Å². The molecule has 178 valence electrons. The van der Waals surface area contributed by atoms with Crippen LogP contribution in [0.1, 0.15) is 50.9 Å². The van der Waals surface area contributed by atoms with Crippen LogP contribution >= 0.6 is 46.0 Å². The molecule has 0 saturated carbocycles. The second-order valence-corrected chi connectivity index (χ2v) is 11.0. The van der Waals surface area contributed by atoms with Gasteiger partial charge in [0.15, 0.2) is 4.34 Å². The van der Waals surface area contributed by atoms with Crippen LogP contribution in [0.4, 0.5) is 10.1 Å². The normalized spacial score (nSPS) is 12.6. The Morgan fingerprint density at radius 3 is 2.71 bits per heavy atom. The quantitative estimate of drug-likeness (QED) is 0.228. The number of anilines is 2. The van der Waals surface area contributed by atoms with Crippen molar-refractivity contribution in [3.05, 3.63) is 50.9 Å². The van der Waals surface area contributed by atoms with Gasteiger partial charge in [-0.25, -0.2) is 4.79 Å². The number of aryl methyl sites for hydroxylation is 1. The molecule has 3 aromatic rings. The van der Waals surface area contributed by atoms with E-state index in [-0.39, 0.29) is 24.2 Å². The van der Waals surface area contributed by atoms with Crippen LogP contribution in [0.2, 0.25) is 5.02 Å². The van der Waals surface area contributed by atoms with Gasteiger partial charge in [-0.1, -0.05) is 46.8 Å². The lowest BCUT2D eigenvalue weighted by molar-refractivity contribution is -0.113. The van der Waals surface area contributed by atoms with Gasteiger partial charge in [0.25, 0.3) is 5.91 Å². The van der Waals surface area contributed by atoms with Crippen molar-refractivity contribution in [2.45, 2.75) is 36.9 Å². The van der Waals surface area contributed by atoms with Crippen LogP contribution in [0.3, 0.4) is 0 Å². The van der Waals surface area contributed by atoms with Gasteiger partial charge in [-0.15, -0.1) is 21.5 Å². The predicted molar refractivity (Wildman–Crippen MR) is 136 cm³/mol. The van der Waals surface area contributed by atoms with Crippen molar-refractivity contribution in [3.63, 3.8) is 0 Å². The van der Waals surface area contributed by atoms with Crippen molar-refractivity contribution in [2.24, 2.45) is 0 Å². The molecular formula is C22H21ClN4O4S3. The van der Waals surface area contributed by atoms with Crippen LogP contribution in [0.15, 0.2) is 28.6 Å². The van der Waals surface area contributed by atoms with E-state index in [9.17, 15) is 14.4 Å². The molecule has 0 fully saturated rings. The summed E-state index contributed by atoms with van der Waals surface area (Å²) in [6.07, 6.45) is 3.82. The van der Waals surface area contributed by atoms with Crippen molar-refractivity contribution in [2.75, 3.05) is 23.0 Å². The van der Waals surface area contributed by atoms with Gasteiger partial charge in [0, 0.05) is 4.88 Å². The molecule has 1 aliphatic rings. The number of rotatable bonds is 8. The first kappa shape index (κ1) is 24.6. The van der Waals surface area contributed by atoms with E-state index in [0.717, 1.165) is 47.5 Å². The number of benzene rings is 1. The summed E-state index contributed by atoms with van der Waals surface area (Å²) in [6.45, 7) is 2.04. The topological polar surface area (TPSA) is 110 Å². The predicted octanol–water partition coefficient (Wildman–Crippen LogP) is 5.29. The Kier molecular flexibility index (Phi) is 8.19. The van der Waals surface area contributed by atoms with Crippen LogP contribution in [0.5, 0.6) is 0 Å². The summed E-state index contributed by atoms with van der Waals surface area (Å²) < 4.78 is 5.76. The van der Waals surface area contributed by atoms with Crippen LogP contribution in [-0.2, 0) is 22.4 Å². The molecule has 34 heavy (non-hydrogen) atoms. The molecule has 0 bridgehead atoms. The van der Waals surface area contributed by atoms with E-state index < -0.39 is 5.97 Å². The first-order chi connectivity index (χ1) is 16.5. The summed E-state index contributed by atoms with van der Waals surface area (Å²) in [6, 6.07) is 6.71. The smallest absolute Gasteiger partial charge is 0.341 e. The number of esters is 1. The van der Waals surface area contributed by atoms with E-state index in [1.54, 1.807) is 31.2 Å². The molecule has 1 aromatic carbocycles. The highest BCUT2D eigenvalue weighted by molar-refractivity contribution is 8.01. The van der Waals surface area contributed by atoms with E-state index in [1.807, 2.05) is 0 Å². The summed E-state index contributed by atoms with van der Waals surface area (Å²) in [5.74, 6) is -0.958. The number of thiophene rings is 1. The van der Waals surface area contributed by atoms with Gasteiger partial charge >= 0.3 is 5.97 Å². The van der Waals surface area contributed by atoms with Gasteiger partial charge in [0.2, 0.25) is 11.0 Å². The Hall–Kier alpha value is -2.47. The third-order valence-electron chi connectivity index (χ3n) is 4.98. The molecule has 0 spiro atoms. The minimum atomic E-state index is -0.395. The fourth-order valence-corrected chi connectivity index (χ4v) is 6.55. The van der Waals surface area contributed by atoms with Gasteiger partial charge < -0.3 is 10.1 Å². The second kappa shape index (κ2) is 11.3. The standard InChI is InChI=1S/C22H21ClN4O4S3/c1-2-31-20(30)17-13-8-4-6-10-15(13)33-19(17)24-16(28)11-32-22-27-26-21(34-22)25-18(29)12-7-3-5-9-14(12)23/h3,5,7,9H,2,4,6,8,10-11H2,1H3,(H,24,28)(H,25,26,29). The molecule has 4 rings (SSSR count). The fourth-order valence-electron chi connectivity index (χ4n) is 3.49. The zero-order valence-electron chi connectivity index (χ0n) is 18.2. The van der Waals surface area contributed by atoms with Crippen molar-refractivity contribution in [1.82, 2.24) is 10.2 Å². The van der Waals surface area contributed by atoms with Crippen molar-refractivity contribution >= 4 is 74.0 Å². The number of halogens is 1. The molecule has 0 atom stereocenters. The maximum Gasteiger partial charge on any atom is 0.341 e. The Morgan fingerprint density at radius 1 is 1.12 bits per heavy atom. The van der Waals surface area contributed by atoms with E-state index in [2.05, 4.69) is 20.8 Å². The third kappa shape index (κ3) is 5.77. The summed E-state index contributed by atoms with van der Waals surface area (Å²) in [4.78, 5) is 38.7. The number of carbonyl (C=O) groups excluding carboxylic acids is 3. The van der Waals surface area contributed by atoms with Crippen molar-refractivity contribution in [1.29, 1.82) is 0 Å². The van der Waals surface area contributed by atoms with Gasteiger partial charge in [-0.05, 0) is 50.3 Å². The van der Waals surface area contributed by atoms with Gasteiger partial charge in [0.05, 0.1) is 28.5 Å². The number of nitrogens with one attached hydrogen (secondary N) is 2. The number of hydrogen-bond acceptors (Lipinski definition) is 9. The van der Waals surface area contributed by atoms with E-state index >= 15 is 0 Å². The Labute approximate surface area is 213 Å². The van der Waals surface area contributed by atoms with Gasteiger partial charge in [0.1, 0.15) is 5.00 Å². The molecular weight excluding hydrogens is 516 g/mol. The number of carbonyl (C=O) groups is 3. The van der Waals surface area contributed by atoms with Gasteiger partial charge in [-0.3, -0.25) is 14.9 Å². The minimum absolute atomic E-state index is 0.0813. The zero-order valence-corrected chi connectivity index (χ0v) is 21.4. The number of nitrogens with zero attached hydrogens (tertiary/aromatic N) is 2. The molecule has 12 heteroatoms. The molecule has 0 aliphatic heterocycles. The van der Waals surface area contributed by atoms with Crippen LogP contribution < -0.4 is 10.6 Å². The second-order valence-electron chi connectivity index (χ2n) is 7.28. The molecule has 0 radical (unpaired) electrons. The summed E-state index contributed by atoms with van der Waals surface area (Å²) >= 11 is 9.86. The number of aromatic nitrogens is 2. The van der Waals surface area contributed by atoms with Crippen LogP contribution in [0.25, 0.3) is 0 Å². The molecule has 1 aliphatic carbocycles. The van der Waals surface area contributed by atoms with E-state index in [1.165, 1.54) is 23.1 Å². The molecule has 2 aromatic heterocycles. The first-order valence-electron chi connectivity index (χ1n) is 10.6. The number of ether oxygens (including phenoxy) is 1. The van der Waals surface area contributed by atoms with Crippen molar-refractivity contribution < 1.29 is 19.1 Å². The maximum atomic E-state index is 12.6. The molecule has 2 N–H and O–H groups in total. The SMILES string of the molecule is CCOC(=O)c1c(NC(=O)CSc2nnc(NC(=O)c3ccccc3Cl)s2)sc2c1CCCC2. The lowest BCUT2D eigenvalue weighted by Crippen LogP contribution is -2.17. The van der Waals surface area contributed by atoms with Crippen molar-refractivity contribution in [3.8, 4) is 0 Å². The highest BCUT2D eigenvalue weighted by atomic mass is 35.5. The minimum Gasteiger partial charge on any atom is -0.462 e. The molecule has 2 heterocycles.